The first-order chi connectivity index (χ1) is 12.4. The minimum atomic E-state index is -0.886. The summed E-state index contributed by atoms with van der Waals surface area (Å²) in [6.07, 6.45) is 5.55. The first-order valence-corrected chi connectivity index (χ1v) is 8.60. The Kier molecular flexibility index (Phi) is 6.46. The highest BCUT2D eigenvalue weighted by Gasteiger charge is 2.25. The van der Waals surface area contributed by atoms with Crippen LogP contribution in [0.4, 0.5) is 5.69 Å². The zero-order valence-electron chi connectivity index (χ0n) is 14.5. The van der Waals surface area contributed by atoms with Crippen molar-refractivity contribution in [1.82, 2.24) is 14.1 Å². The summed E-state index contributed by atoms with van der Waals surface area (Å²) in [6.45, 7) is 4.04. The number of hydrogen-bond donors (Lipinski definition) is 0. The molecule has 2 aromatic rings. The van der Waals surface area contributed by atoms with Crippen LogP contribution in [-0.4, -0.2) is 19.0 Å². The largest absolute Gasteiger partial charge is 0.357 e. The molecule has 0 bridgehead atoms. The van der Waals surface area contributed by atoms with E-state index in [0.29, 0.717) is 23.6 Å². The van der Waals surface area contributed by atoms with Gasteiger partial charge >= 0.3 is 16.9 Å². The van der Waals surface area contributed by atoms with Crippen LogP contribution in [0, 0.1) is 10.1 Å². The molecule has 0 amide bonds. The van der Waals surface area contributed by atoms with Crippen molar-refractivity contribution in [1.29, 1.82) is 0 Å². The fourth-order valence-corrected chi connectivity index (χ4v) is 2.67. The Morgan fingerprint density at radius 1 is 1.15 bits per heavy atom. The highest BCUT2D eigenvalue weighted by molar-refractivity contribution is 6.29. The molecule has 0 fully saturated rings. The molecule has 26 heavy (non-hydrogen) atoms. The monoisotopic (exact) mass is 378 g/mol. The number of nitrogens with zero attached hydrogens (tertiary/aromatic N) is 4. The number of aromatic nitrogens is 3. The van der Waals surface area contributed by atoms with E-state index in [1.807, 2.05) is 6.92 Å². The molecule has 2 heterocycles. The SMILES string of the molecule is CCCn1c(C=Cc2ccc(Cl)nc2)c([N+](=O)[O-])c(=O)n(CCC)c1=O. The Balaban J connectivity index is 2.72. The van der Waals surface area contributed by atoms with Gasteiger partial charge in [-0.1, -0.05) is 37.6 Å². The van der Waals surface area contributed by atoms with Crippen LogP contribution in [0.1, 0.15) is 37.9 Å². The minimum Gasteiger partial charge on any atom is -0.287 e. The average molecular weight is 379 g/mol. The van der Waals surface area contributed by atoms with Crippen LogP contribution in [0.2, 0.25) is 5.15 Å². The van der Waals surface area contributed by atoms with Crippen LogP contribution in [0.25, 0.3) is 12.2 Å². The maximum absolute atomic E-state index is 12.7. The summed E-state index contributed by atoms with van der Waals surface area (Å²) in [5.74, 6) is 0. The number of rotatable bonds is 7. The van der Waals surface area contributed by atoms with Gasteiger partial charge in [0.1, 0.15) is 10.8 Å². The van der Waals surface area contributed by atoms with Crippen molar-refractivity contribution in [3.8, 4) is 0 Å². The minimum absolute atomic E-state index is 0.0193. The summed E-state index contributed by atoms with van der Waals surface area (Å²) in [6, 6.07) is 3.26. The molecule has 0 aliphatic rings. The quantitative estimate of drug-likeness (QED) is 0.419. The van der Waals surface area contributed by atoms with Crippen LogP contribution >= 0.6 is 11.6 Å². The molecular formula is C17H19ClN4O4. The maximum atomic E-state index is 12.7. The van der Waals surface area contributed by atoms with Crippen LogP contribution < -0.4 is 11.2 Å². The van der Waals surface area contributed by atoms with E-state index in [0.717, 1.165) is 4.57 Å². The summed E-state index contributed by atoms with van der Waals surface area (Å²) in [4.78, 5) is 39.9. The van der Waals surface area contributed by atoms with Gasteiger partial charge in [0.05, 0.1) is 4.92 Å². The van der Waals surface area contributed by atoms with Crippen molar-refractivity contribution < 1.29 is 4.92 Å². The lowest BCUT2D eigenvalue weighted by atomic mass is 10.2. The van der Waals surface area contributed by atoms with Gasteiger partial charge in [-0.25, -0.2) is 9.78 Å². The van der Waals surface area contributed by atoms with E-state index < -0.39 is 21.9 Å². The van der Waals surface area contributed by atoms with Crippen molar-refractivity contribution >= 4 is 29.4 Å². The lowest BCUT2D eigenvalue weighted by Gasteiger charge is -2.13. The van der Waals surface area contributed by atoms with E-state index in [9.17, 15) is 19.7 Å². The van der Waals surface area contributed by atoms with Gasteiger partial charge in [0.25, 0.3) is 0 Å². The Bertz CT molecular complexity index is 945. The van der Waals surface area contributed by atoms with Gasteiger partial charge in [0.2, 0.25) is 0 Å². The second-order valence-corrected chi connectivity index (χ2v) is 6.02. The lowest BCUT2D eigenvalue weighted by molar-refractivity contribution is -0.387. The molecule has 0 N–H and O–H groups in total. The van der Waals surface area contributed by atoms with E-state index in [4.69, 9.17) is 11.6 Å². The normalized spacial score (nSPS) is 11.2. The Morgan fingerprint density at radius 2 is 1.81 bits per heavy atom. The van der Waals surface area contributed by atoms with Crippen molar-refractivity contribution in [3.05, 3.63) is 65.7 Å². The third kappa shape index (κ3) is 4.08. The van der Waals surface area contributed by atoms with Gasteiger partial charge in [-0.3, -0.25) is 24.0 Å². The number of halogens is 1. The molecule has 0 aliphatic heterocycles. The van der Waals surface area contributed by atoms with Crippen LogP contribution in [0.15, 0.2) is 27.9 Å². The Hall–Kier alpha value is -2.74. The van der Waals surface area contributed by atoms with E-state index in [-0.39, 0.29) is 18.8 Å². The predicted octanol–water partition coefficient (Wildman–Crippen LogP) is 2.96. The highest BCUT2D eigenvalue weighted by Crippen LogP contribution is 2.17. The molecule has 0 unspecified atom stereocenters. The molecule has 0 aliphatic carbocycles. The Labute approximate surface area is 154 Å². The Morgan fingerprint density at radius 3 is 2.35 bits per heavy atom. The average Bonchev–Trinajstić information content (AvgIpc) is 2.60. The van der Waals surface area contributed by atoms with Gasteiger partial charge in [-0.2, -0.15) is 0 Å². The van der Waals surface area contributed by atoms with Gasteiger partial charge in [0.15, 0.2) is 0 Å². The molecule has 0 aromatic carbocycles. The van der Waals surface area contributed by atoms with E-state index >= 15 is 0 Å². The fourth-order valence-electron chi connectivity index (χ4n) is 2.56. The molecule has 0 saturated carbocycles. The van der Waals surface area contributed by atoms with Crippen molar-refractivity contribution in [3.63, 3.8) is 0 Å². The molecule has 0 atom stereocenters. The molecule has 2 rings (SSSR count). The first-order valence-electron chi connectivity index (χ1n) is 8.22. The molecule has 9 heteroatoms. The molecule has 0 saturated heterocycles. The summed E-state index contributed by atoms with van der Waals surface area (Å²) in [5.41, 5.74) is -1.42. The number of pyridine rings is 1. The molecule has 2 aromatic heterocycles. The van der Waals surface area contributed by atoms with Gasteiger partial charge in [0, 0.05) is 19.3 Å². The molecule has 0 spiro atoms. The molecule has 0 radical (unpaired) electrons. The molecular weight excluding hydrogens is 360 g/mol. The van der Waals surface area contributed by atoms with Gasteiger partial charge in [-0.15, -0.1) is 0 Å². The summed E-state index contributed by atoms with van der Waals surface area (Å²) < 4.78 is 2.20. The highest BCUT2D eigenvalue weighted by atomic mass is 35.5. The molecule has 8 nitrogen and oxygen atoms in total. The fraction of sp³-hybridized carbons (Fsp3) is 0.353. The van der Waals surface area contributed by atoms with Crippen molar-refractivity contribution in [2.24, 2.45) is 0 Å². The third-order valence-corrected chi connectivity index (χ3v) is 3.93. The third-order valence-electron chi connectivity index (χ3n) is 3.70. The maximum Gasteiger partial charge on any atom is 0.357 e. The van der Waals surface area contributed by atoms with E-state index in [1.165, 1.54) is 16.8 Å². The summed E-state index contributed by atoms with van der Waals surface area (Å²) in [7, 11) is 0. The molecule has 138 valence electrons. The second kappa shape index (κ2) is 8.57. The summed E-state index contributed by atoms with van der Waals surface area (Å²) >= 11 is 5.74. The summed E-state index contributed by atoms with van der Waals surface area (Å²) in [5, 5.41) is 11.9. The van der Waals surface area contributed by atoms with Crippen LogP contribution in [-0.2, 0) is 13.1 Å². The predicted molar refractivity (Wildman–Crippen MR) is 100 cm³/mol. The van der Waals surface area contributed by atoms with Crippen molar-refractivity contribution in [2.45, 2.75) is 39.8 Å². The van der Waals surface area contributed by atoms with E-state index in [1.54, 1.807) is 25.1 Å². The topological polar surface area (TPSA) is 100 Å². The standard InChI is InChI=1S/C17H19ClN4O4/c1-3-9-20-13(7-5-12-6-8-14(18)19-11-12)15(22(25)26)16(23)21(10-4-2)17(20)24/h5-8,11H,3-4,9-10H2,1-2H3. The van der Waals surface area contributed by atoms with Gasteiger partial charge < -0.3 is 0 Å². The smallest absolute Gasteiger partial charge is 0.287 e. The van der Waals surface area contributed by atoms with Crippen LogP contribution in [0.5, 0.6) is 0 Å². The zero-order chi connectivity index (χ0) is 19.3. The van der Waals surface area contributed by atoms with Crippen LogP contribution in [0.3, 0.4) is 0 Å². The number of nitro groups is 1. The lowest BCUT2D eigenvalue weighted by Crippen LogP contribution is -2.42. The van der Waals surface area contributed by atoms with E-state index in [2.05, 4.69) is 4.98 Å². The second-order valence-electron chi connectivity index (χ2n) is 5.63. The first kappa shape index (κ1) is 19.6. The van der Waals surface area contributed by atoms with Crippen molar-refractivity contribution in [2.75, 3.05) is 0 Å². The number of hydrogen-bond acceptors (Lipinski definition) is 5. The van der Waals surface area contributed by atoms with Gasteiger partial charge in [-0.05, 0) is 30.5 Å². The zero-order valence-corrected chi connectivity index (χ0v) is 15.3.